The number of carboxylic acids is 1. The van der Waals surface area contributed by atoms with Gasteiger partial charge in [0.25, 0.3) is 5.91 Å². The summed E-state index contributed by atoms with van der Waals surface area (Å²) in [5.41, 5.74) is 1.06. The van der Waals surface area contributed by atoms with Crippen molar-refractivity contribution < 1.29 is 19.2 Å². The number of benzene rings is 1. The Labute approximate surface area is 144 Å². The van der Waals surface area contributed by atoms with Gasteiger partial charge in [-0.05, 0) is 43.0 Å². The Morgan fingerprint density at radius 2 is 1.92 bits per heavy atom. The average molecular weight is 349 g/mol. The van der Waals surface area contributed by atoms with Gasteiger partial charge in [-0.2, -0.15) is 0 Å². The van der Waals surface area contributed by atoms with Crippen LogP contribution in [0.15, 0.2) is 34.9 Å². The van der Waals surface area contributed by atoms with Crippen LogP contribution < -0.4 is 0 Å². The minimum atomic E-state index is -0.788. The quantitative estimate of drug-likeness (QED) is 0.916. The van der Waals surface area contributed by atoms with E-state index in [1.54, 1.807) is 35.2 Å². The molecule has 6 nitrogen and oxygen atoms in total. The lowest BCUT2D eigenvalue weighted by Gasteiger charge is -2.30. The van der Waals surface area contributed by atoms with Gasteiger partial charge >= 0.3 is 5.97 Å². The van der Waals surface area contributed by atoms with Crippen LogP contribution in [-0.4, -0.2) is 40.1 Å². The van der Waals surface area contributed by atoms with Gasteiger partial charge in [0.1, 0.15) is 0 Å². The molecular formula is C17H17ClN2O4. The third kappa shape index (κ3) is 3.76. The first-order valence-electron chi connectivity index (χ1n) is 7.76. The first kappa shape index (κ1) is 16.5. The molecule has 0 saturated carbocycles. The molecule has 1 aromatic carbocycles. The molecule has 3 rings (SSSR count). The van der Waals surface area contributed by atoms with Crippen LogP contribution in [0.4, 0.5) is 0 Å². The Balaban J connectivity index is 1.64. The van der Waals surface area contributed by atoms with Crippen molar-refractivity contribution in [2.24, 2.45) is 5.92 Å². The smallest absolute Gasteiger partial charge is 0.303 e. The summed E-state index contributed by atoms with van der Waals surface area (Å²) in [6.07, 6.45) is 1.55. The van der Waals surface area contributed by atoms with E-state index in [2.05, 4.69) is 5.16 Å². The first-order chi connectivity index (χ1) is 11.5. The minimum absolute atomic E-state index is 0.133. The predicted octanol–water partition coefficient (Wildman–Crippen LogP) is 3.32. The average Bonchev–Trinajstić information content (AvgIpc) is 3.05. The summed E-state index contributed by atoms with van der Waals surface area (Å²) in [7, 11) is 0. The van der Waals surface area contributed by atoms with Gasteiger partial charge in [0, 0.05) is 36.2 Å². The summed E-state index contributed by atoms with van der Waals surface area (Å²) < 4.78 is 5.26. The van der Waals surface area contributed by atoms with Crippen LogP contribution in [0.25, 0.3) is 11.3 Å². The molecule has 126 valence electrons. The van der Waals surface area contributed by atoms with E-state index in [-0.39, 0.29) is 23.9 Å². The van der Waals surface area contributed by atoms with Gasteiger partial charge in [-0.25, -0.2) is 0 Å². The van der Waals surface area contributed by atoms with Crippen LogP contribution >= 0.6 is 11.6 Å². The second-order valence-corrected chi connectivity index (χ2v) is 6.35. The fourth-order valence-electron chi connectivity index (χ4n) is 2.88. The Hall–Kier alpha value is -2.34. The number of amides is 1. The topological polar surface area (TPSA) is 83.6 Å². The van der Waals surface area contributed by atoms with Crippen molar-refractivity contribution in [1.29, 1.82) is 0 Å². The van der Waals surface area contributed by atoms with Gasteiger partial charge in [0.05, 0.1) is 0 Å². The standard InChI is InChI=1S/C17H17ClN2O4/c18-13-3-1-12(2-4-13)15-10-14(19-24-15)17(23)20-7-5-11(6-8-20)9-16(21)22/h1-4,10-11H,5-9H2,(H,21,22). The predicted molar refractivity (Wildman–Crippen MR) is 87.8 cm³/mol. The lowest BCUT2D eigenvalue weighted by Crippen LogP contribution is -2.39. The highest BCUT2D eigenvalue weighted by Gasteiger charge is 2.26. The summed E-state index contributed by atoms with van der Waals surface area (Å²) in [4.78, 5) is 24.9. The molecule has 1 aromatic heterocycles. The summed E-state index contributed by atoms with van der Waals surface area (Å²) in [6.45, 7) is 1.08. The summed E-state index contributed by atoms with van der Waals surface area (Å²) in [6, 6.07) is 8.71. The maximum Gasteiger partial charge on any atom is 0.303 e. The van der Waals surface area contributed by atoms with Crippen LogP contribution in [0.5, 0.6) is 0 Å². The van der Waals surface area contributed by atoms with Crippen LogP contribution in [0, 0.1) is 5.92 Å². The maximum atomic E-state index is 12.5. The molecule has 0 atom stereocenters. The number of rotatable bonds is 4. The van der Waals surface area contributed by atoms with Crippen molar-refractivity contribution in [2.45, 2.75) is 19.3 Å². The lowest BCUT2D eigenvalue weighted by molar-refractivity contribution is -0.138. The van der Waals surface area contributed by atoms with Crippen molar-refractivity contribution >= 4 is 23.5 Å². The number of hydrogen-bond acceptors (Lipinski definition) is 4. The third-order valence-corrected chi connectivity index (χ3v) is 4.48. The number of likely N-dealkylation sites (tertiary alicyclic amines) is 1. The zero-order valence-corrected chi connectivity index (χ0v) is 13.7. The van der Waals surface area contributed by atoms with Crippen molar-refractivity contribution in [2.75, 3.05) is 13.1 Å². The number of aromatic nitrogens is 1. The van der Waals surface area contributed by atoms with E-state index in [4.69, 9.17) is 21.2 Å². The molecule has 2 aromatic rings. The van der Waals surface area contributed by atoms with E-state index in [0.29, 0.717) is 36.7 Å². The van der Waals surface area contributed by atoms with Crippen molar-refractivity contribution in [1.82, 2.24) is 10.1 Å². The van der Waals surface area contributed by atoms with E-state index >= 15 is 0 Å². The summed E-state index contributed by atoms with van der Waals surface area (Å²) in [5.74, 6) is -0.333. The Bertz CT molecular complexity index is 733. The normalized spacial score (nSPS) is 15.5. The lowest BCUT2D eigenvalue weighted by atomic mass is 9.93. The largest absolute Gasteiger partial charge is 0.481 e. The number of carboxylic acid groups (broad SMARTS) is 1. The summed E-state index contributed by atoms with van der Waals surface area (Å²) >= 11 is 5.86. The fraction of sp³-hybridized carbons (Fsp3) is 0.353. The highest BCUT2D eigenvalue weighted by molar-refractivity contribution is 6.30. The second kappa shape index (κ2) is 7.05. The van der Waals surface area contributed by atoms with Gasteiger partial charge in [-0.3, -0.25) is 9.59 Å². The number of hydrogen-bond donors (Lipinski definition) is 1. The monoisotopic (exact) mass is 348 g/mol. The number of halogens is 1. The van der Waals surface area contributed by atoms with Gasteiger partial charge in [-0.15, -0.1) is 0 Å². The van der Waals surface area contributed by atoms with Crippen LogP contribution in [0.2, 0.25) is 5.02 Å². The first-order valence-corrected chi connectivity index (χ1v) is 8.14. The molecule has 0 spiro atoms. The Morgan fingerprint density at radius 3 is 2.54 bits per heavy atom. The van der Waals surface area contributed by atoms with E-state index in [0.717, 1.165) is 5.56 Å². The van der Waals surface area contributed by atoms with Gasteiger partial charge in [-0.1, -0.05) is 16.8 Å². The highest BCUT2D eigenvalue weighted by atomic mass is 35.5. The summed E-state index contributed by atoms with van der Waals surface area (Å²) in [5, 5.41) is 13.3. The SMILES string of the molecule is O=C(O)CC1CCN(C(=O)c2cc(-c3ccc(Cl)cc3)on2)CC1. The maximum absolute atomic E-state index is 12.5. The molecule has 0 bridgehead atoms. The molecular weight excluding hydrogens is 332 g/mol. The number of carbonyl (C=O) groups excluding carboxylic acids is 1. The molecule has 1 aliphatic heterocycles. The highest BCUT2D eigenvalue weighted by Crippen LogP contribution is 2.25. The molecule has 1 saturated heterocycles. The molecule has 24 heavy (non-hydrogen) atoms. The van der Waals surface area contributed by atoms with Gasteiger partial charge in [0.15, 0.2) is 11.5 Å². The van der Waals surface area contributed by atoms with E-state index < -0.39 is 5.97 Å². The molecule has 2 heterocycles. The number of nitrogens with zero attached hydrogens (tertiary/aromatic N) is 2. The van der Waals surface area contributed by atoms with Gasteiger partial charge in [0.2, 0.25) is 0 Å². The van der Waals surface area contributed by atoms with E-state index in [1.165, 1.54) is 0 Å². The minimum Gasteiger partial charge on any atom is -0.481 e. The van der Waals surface area contributed by atoms with E-state index in [9.17, 15) is 9.59 Å². The number of carbonyl (C=O) groups is 2. The van der Waals surface area contributed by atoms with Crippen LogP contribution in [0.1, 0.15) is 29.8 Å². The Morgan fingerprint density at radius 1 is 1.25 bits per heavy atom. The van der Waals surface area contributed by atoms with E-state index in [1.807, 2.05) is 0 Å². The Kier molecular flexibility index (Phi) is 4.85. The molecule has 1 fully saturated rings. The molecule has 1 amide bonds. The zero-order valence-electron chi connectivity index (χ0n) is 12.9. The van der Waals surface area contributed by atoms with Crippen molar-refractivity contribution in [3.05, 3.63) is 41.0 Å². The van der Waals surface area contributed by atoms with Crippen LogP contribution in [-0.2, 0) is 4.79 Å². The molecule has 7 heteroatoms. The number of aliphatic carboxylic acids is 1. The molecule has 0 radical (unpaired) electrons. The fourth-order valence-corrected chi connectivity index (χ4v) is 3.00. The molecule has 0 unspecified atom stereocenters. The van der Waals surface area contributed by atoms with Gasteiger partial charge < -0.3 is 14.5 Å². The van der Waals surface area contributed by atoms with Crippen LogP contribution in [0.3, 0.4) is 0 Å². The second-order valence-electron chi connectivity index (χ2n) is 5.92. The zero-order chi connectivity index (χ0) is 17.1. The molecule has 0 aliphatic carbocycles. The van der Waals surface area contributed by atoms with Crippen molar-refractivity contribution in [3.63, 3.8) is 0 Å². The third-order valence-electron chi connectivity index (χ3n) is 4.22. The number of piperidine rings is 1. The molecule has 1 aliphatic rings. The molecule has 1 N–H and O–H groups in total. The van der Waals surface area contributed by atoms with Crippen molar-refractivity contribution in [3.8, 4) is 11.3 Å².